The van der Waals surface area contributed by atoms with Crippen molar-refractivity contribution >= 4 is 23.5 Å². The summed E-state index contributed by atoms with van der Waals surface area (Å²) in [5.41, 5.74) is 0. The van der Waals surface area contributed by atoms with Gasteiger partial charge in [0.2, 0.25) is 0 Å². The molecule has 8 heavy (non-hydrogen) atoms. The van der Waals surface area contributed by atoms with Gasteiger partial charge in [0.25, 0.3) is 0 Å². The van der Waals surface area contributed by atoms with Gasteiger partial charge in [-0.15, -0.1) is 23.5 Å². The third-order valence-corrected chi connectivity index (χ3v) is 3.45. The van der Waals surface area contributed by atoms with Gasteiger partial charge in [0.05, 0.1) is 10.7 Å². The fourth-order valence-corrected chi connectivity index (χ4v) is 2.75. The third kappa shape index (κ3) is 1.57. The molecule has 0 bridgehead atoms. The molecule has 1 saturated heterocycles. The first-order valence-electron chi connectivity index (χ1n) is 2.73. The minimum Gasteiger partial charge on any atom is -0.293 e. The van der Waals surface area contributed by atoms with Crippen molar-refractivity contribution in [3.05, 3.63) is 0 Å². The Morgan fingerprint density at radius 2 is 2.50 bits per heavy atom. The summed E-state index contributed by atoms with van der Waals surface area (Å²) in [6.45, 7) is 2.21. The summed E-state index contributed by atoms with van der Waals surface area (Å²) >= 11 is 3.90. The van der Waals surface area contributed by atoms with E-state index < -0.39 is 0 Å². The van der Waals surface area contributed by atoms with Gasteiger partial charge in [0.1, 0.15) is 0 Å². The first kappa shape index (κ1) is 6.78. The topological polar surface area (TPSA) is 12.0 Å². The van der Waals surface area contributed by atoms with E-state index in [9.17, 15) is 0 Å². The maximum absolute atomic E-state index is 3.43. The summed E-state index contributed by atoms with van der Waals surface area (Å²) in [5.74, 6) is 1.27. The maximum atomic E-state index is 3.43. The summed E-state index contributed by atoms with van der Waals surface area (Å²) in [6, 6.07) is 0. The van der Waals surface area contributed by atoms with Crippen molar-refractivity contribution in [2.24, 2.45) is 0 Å². The average molecular weight is 149 g/mol. The molecule has 1 aliphatic heterocycles. The van der Waals surface area contributed by atoms with Gasteiger partial charge in [-0.3, -0.25) is 5.32 Å². The van der Waals surface area contributed by atoms with Crippen LogP contribution in [0.4, 0.5) is 0 Å². The smallest absolute Gasteiger partial charge is 0.0630 e. The molecule has 1 heterocycles. The second kappa shape index (κ2) is 2.99. The molecular formula is C5H11NS2. The van der Waals surface area contributed by atoms with Gasteiger partial charge in [-0.05, 0) is 13.2 Å². The molecule has 1 fully saturated rings. The van der Waals surface area contributed by atoms with Crippen LogP contribution in [0.3, 0.4) is 0 Å². The number of hydrogen-bond acceptors (Lipinski definition) is 3. The molecule has 1 rings (SSSR count). The Balaban J connectivity index is 2.22. The highest BCUT2D eigenvalue weighted by Crippen LogP contribution is 2.22. The van der Waals surface area contributed by atoms with E-state index in [1.165, 1.54) is 5.75 Å². The van der Waals surface area contributed by atoms with Crippen molar-refractivity contribution in [1.82, 2.24) is 5.32 Å². The van der Waals surface area contributed by atoms with Crippen molar-refractivity contribution in [2.75, 3.05) is 12.0 Å². The molecule has 0 amide bonds. The first-order valence-corrected chi connectivity index (χ1v) is 5.07. The van der Waals surface area contributed by atoms with Crippen LogP contribution in [0.2, 0.25) is 0 Å². The van der Waals surface area contributed by atoms with E-state index in [0.29, 0.717) is 10.7 Å². The summed E-state index contributed by atoms with van der Waals surface area (Å²) < 4.78 is 0. The largest absolute Gasteiger partial charge is 0.293 e. The fraction of sp³-hybridized carbons (Fsp3) is 1.00. The molecule has 1 N–H and O–H groups in total. The average Bonchev–Trinajstić information content (AvgIpc) is 2.14. The van der Waals surface area contributed by atoms with Gasteiger partial charge in [-0.2, -0.15) is 0 Å². The van der Waals surface area contributed by atoms with E-state index in [4.69, 9.17) is 0 Å². The lowest BCUT2D eigenvalue weighted by Gasteiger charge is -2.04. The van der Waals surface area contributed by atoms with Crippen LogP contribution >= 0.6 is 23.5 Å². The van der Waals surface area contributed by atoms with Gasteiger partial charge in [-0.1, -0.05) is 0 Å². The maximum Gasteiger partial charge on any atom is 0.0630 e. The van der Waals surface area contributed by atoms with Crippen molar-refractivity contribution in [3.63, 3.8) is 0 Å². The van der Waals surface area contributed by atoms with Crippen molar-refractivity contribution < 1.29 is 0 Å². The Bertz CT molecular complexity index is 76.8. The summed E-state index contributed by atoms with van der Waals surface area (Å²) in [7, 11) is 0. The quantitative estimate of drug-likeness (QED) is 0.604. The van der Waals surface area contributed by atoms with Gasteiger partial charge in [-0.25, -0.2) is 0 Å². The molecule has 0 aromatic heterocycles. The van der Waals surface area contributed by atoms with E-state index in [1.54, 1.807) is 0 Å². The Hall–Kier alpha value is 0.660. The molecule has 0 radical (unpaired) electrons. The van der Waals surface area contributed by atoms with E-state index >= 15 is 0 Å². The lowest BCUT2D eigenvalue weighted by atomic mass is 10.7. The molecule has 48 valence electrons. The SMILES string of the molecule is CSC1CSC(C)N1. The summed E-state index contributed by atoms with van der Waals surface area (Å²) in [4.78, 5) is 0. The molecule has 0 saturated carbocycles. The van der Waals surface area contributed by atoms with Gasteiger partial charge in [0, 0.05) is 5.75 Å². The highest BCUT2D eigenvalue weighted by Gasteiger charge is 2.18. The normalized spacial score (nSPS) is 38.2. The van der Waals surface area contributed by atoms with Crippen LogP contribution in [0.15, 0.2) is 0 Å². The van der Waals surface area contributed by atoms with Gasteiger partial charge < -0.3 is 0 Å². The lowest BCUT2D eigenvalue weighted by Crippen LogP contribution is -2.24. The predicted molar refractivity (Wildman–Crippen MR) is 42.4 cm³/mol. The van der Waals surface area contributed by atoms with Crippen LogP contribution in [0.5, 0.6) is 0 Å². The van der Waals surface area contributed by atoms with Crippen LogP contribution < -0.4 is 5.32 Å². The van der Waals surface area contributed by atoms with E-state index in [1.807, 2.05) is 23.5 Å². The van der Waals surface area contributed by atoms with Crippen molar-refractivity contribution in [1.29, 1.82) is 0 Å². The highest BCUT2D eigenvalue weighted by atomic mass is 32.2. The molecule has 0 aliphatic carbocycles. The van der Waals surface area contributed by atoms with Gasteiger partial charge >= 0.3 is 0 Å². The highest BCUT2D eigenvalue weighted by molar-refractivity contribution is 8.04. The number of hydrogen-bond donors (Lipinski definition) is 1. The van der Waals surface area contributed by atoms with E-state index in [-0.39, 0.29) is 0 Å². The number of thioether (sulfide) groups is 2. The molecule has 1 nitrogen and oxygen atoms in total. The molecule has 3 heteroatoms. The molecule has 2 atom stereocenters. The molecule has 1 aliphatic rings. The minimum atomic E-state index is 0.674. The van der Waals surface area contributed by atoms with Gasteiger partial charge in [0.15, 0.2) is 0 Å². The zero-order chi connectivity index (χ0) is 5.98. The molecule has 2 unspecified atom stereocenters. The molecule has 0 aromatic carbocycles. The van der Waals surface area contributed by atoms with Crippen LogP contribution in [0, 0.1) is 0 Å². The standard InChI is InChI=1S/C5H11NS2/c1-4-6-5(7-2)3-8-4/h4-6H,3H2,1-2H3. The van der Waals surface area contributed by atoms with E-state index in [0.717, 1.165) is 0 Å². The molecule has 0 aromatic rings. The van der Waals surface area contributed by atoms with Crippen LogP contribution in [0.1, 0.15) is 6.92 Å². The van der Waals surface area contributed by atoms with Crippen molar-refractivity contribution in [2.45, 2.75) is 17.7 Å². The zero-order valence-corrected chi connectivity index (χ0v) is 6.81. The van der Waals surface area contributed by atoms with Crippen LogP contribution in [0.25, 0.3) is 0 Å². The van der Waals surface area contributed by atoms with Crippen LogP contribution in [-0.4, -0.2) is 22.8 Å². The Labute approximate surface area is 59.0 Å². The minimum absolute atomic E-state index is 0.674. The fourth-order valence-electron chi connectivity index (χ4n) is 0.726. The lowest BCUT2D eigenvalue weighted by molar-refractivity contribution is 0.725. The Kier molecular flexibility index (Phi) is 2.53. The monoisotopic (exact) mass is 149 g/mol. The predicted octanol–water partition coefficient (Wildman–Crippen LogP) is 1.36. The van der Waals surface area contributed by atoms with Crippen LogP contribution in [-0.2, 0) is 0 Å². The third-order valence-electron chi connectivity index (χ3n) is 1.20. The Morgan fingerprint density at radius 1 is 1.75 bits per heavy atom. The second-order valence-corrected chi connectivity index (χ2v) is 4.28. The first-order chi connectivity index (χ1) is 3.83. The summed E-state index contributed by atoms with van der Waals surface area (Å²) in [6.07, 6.45) is 2.15. The summed E-state index contributed by atoms with van der Waals surface area (Å²) in [5, 5.41) is 4.81. The zero-order valence-electron chi connectivity index (χ0n) is 5.18. The second-order valence-electron chi connectivity index (χ2n) is 1.87. The number of nitrogens with one attached hydrogen (secondary N) is 1. The van der Waals surface area contributed by atoms with Crippen molar-refractivity contribution in [3.8, 4) is 0 Å². The van der Waals surface area contributed by atoms with E-state index in [2.05, 4.69) is 18.5 Å². The Morgan fingerprint density at radius 3 is 2.75 bits per heavy atom. The number of rotatable bonds is 1. The molecular weight excluding hydrogens is 138 g/mol. The molecule has 0 spiro atoms.